The van der Waals surface area contributed by atoms with E-state index in [-0.39, 0.29) is 51.1 Å². The van der Waals surface area contributed by atoms with Crippen LogP contribution in [0.1, 0.15) is 15.9 Å². The van der Waals surface area contributed by atoms with Crippen LogP contribution in [0.5, 0.6) is 0 Å². The van der Waals surface area contributed by atoms with Crippen LogP contribution in [0, 0.1) is 11.6 Å². The predicted octanol–water partition coefficient (Wildman–Crippen LogP) is 1.98. The molecule has 162 valence electrons. The average molecular weight is 496 g/mol. The van der Waals surface area contributed by atoms with Crippen molar-refractivity contribution in [1.29, 1.82) is 0 Å². The molecule has 0 amide bonds. The maximum Gasteiger partial charge on any atom is 0.341 e. The molecule has 31 heavy (non-hydrogen) atoms. The number of carbonyl (C=O) groups is 1. The first kappa shape index (κ1) is 21.2. The van der Waals surface area contributed by atoms with Gasteiger partial charge in [-0.1, -0.05) is 0 Å². The van der Waals surface area contributed by atoms with Crippen LogP contribution in [0.25, 0.3) is 16.6 Å². The summed E-state index contributed by atoms with van der Waals surface area (Å²) in [4.78, 5) is 26.0. The maximum atomic E-state index is 14.9. The van der Waals surface area contributed by atoms with E-state index in [9.17, 15) is 33.7 Å². The lowest BCUT2D eigenvalue weighted by molar-refractivity contribution is 0.0695. The number of pyridine rings is 1. The van der Waals surface area contributed by atoms with Gasteiger partial charge >= 0.3 is 5.97 Å². The molecule has 1 fully saturated rings. The molecule has 5 N–H and O–H groups in total. The lowest BCUT2D eigenvalue weighted by Gasteiger charge is -2.38. The van der Waals surface area contributed by atoms with E-state index in [1.165, 1.54) is 10.6 Å². The summed E-state index contributed by atoms with van der Waals surface area (Å²) in [6.07, 6.45) is 0.396. The highest BCUT2D eigenvalue weighted by Gasteiger charge is 2.31. The number of aromatic nitrogens is 1. The molecular formula is C20H16BrF2N3O5. The predicted molar refractivity (Wildman–Crippen MR) is 113 cm³/mol. The summed E-state index contributed by atoms with van der Waals surface area (Å²) >= 11 is 3.31. The number of β-amino-alcohol motifs (C(OH)–C–C–N with tert-alkyl or cyclic N) is 1. The summed E-state index contributed by atoms with van der Waals surface area (Å²) in [7, 11) is 0. The maximum absolute atomic E-state index is 14.9. The van der Waals surface area contributed by atoms with Gasteiger partial charge < -0.3 is 30.5 Å². The molecule has 0 spiro atoms. The average Bonchev–Trinajstić information content (AvgIpc) is 2.68. The molecule has 1 saturated heterocycles. The molecule has 2 aromatic carbocycles. The fraction of sp³-hybridized carbons (Fsp3) is 0.200. The van der Waals surface area contributed by atoms with Gasteiger partial charge in [-0.05, 0) is 34.1 Å². The minimum absolute atomic E-state index is 0.0742. The number of nitrogens with zero attached hydrogens (tertiary/aromatic N) is 2. The van der Waals surface area contributed by atoms with Crippen molar-refractivity contribution in [2.75, 3.05) is 23.7 Å². The summed E-state index contributed by atoms with van der Waals surface area (Å²) in [5.74, 6) is -3.09. The monoisotopic (exact) mass is 495 g/mol. The third-order valence-electron chi connectivity index (χ3n) is 5.19. The molecule has 0 radical (unpaired) electrons. The second-order valence-electron chi connectivity index (χ2n) is 7.18. The zero-order valence-corrected chi connectivity index (χ0v) is 17.4. The van der Waals surface area contributed by atoms with Gasteiger partial charge in [0.05, 0.1) is 45.1 Å². The number of halogens is 3. The van der Waals surface area contributed by atoms with E-state index in [0.717, 1.165) is 18.3 Å². The zero-order chi connectivity index (χ0) is 22.6. The van der Waals surface area contributed by atoms with Crippen molar-refractivity contribution in [3.8, 4) is 5.69 Å². The van der Waals surface area contributed by atoms with Crippen LogP contribution in [-0.4, -0.2) is 45.0 Å². The van der Waals surface area contributed by atoms with Crippen molar-refractivity contribution < 1.29 is 28.9 Å². The van der Waals surface area contributed by atoms with Gasteiger partial charge in [0.15, 0.2) is 0 Å². The highest BCUT2D eigenvalue weighted by molar-refractivity contribution is 9.10. The molecule has 1 aliphatic heterocycles. The Labute approximate surface area is 181 Å². The first-order chi connectivity index (χ1) is 14.6. The number of rotatable bonds is 4. The van der Waals surface area contributed by atoms with Gasteiger partial charge in [-0.15, -0.1) is 0 Å². The van der Waals surface area contributed by atoms with Crippen molar-refractivity contribution in [2.24, 2.45) is 0 Å². The number of nitrogen functional groups attached to an aromatic ring is 1. The molecule has 11 heteroatoms. The number of aliphatic hydroxyl groups excluding tert-OH is 2. The molecule has 0 atom stereocenters. The van der Waals surface area contributed by atoms with Gasteiger partial charge in [0.2, 0.25) is 5.43 Å². The Kier molecular flexibility index (Phi) is 5.20. The highest BCUT2D eigenvalue weighted by atomic mass is 79.9. The van der Waals surface area contributed by atoms with E-state index in [2.05, 4.69) is 15.9 Å². The molecule has 8 nitrogen and oxygen atoms in total. The molecule has 4 rings (SSSR count). The van der Waals surface area contributed by atoms with Crippen molar-refractivity contribution in [1.82, 2.24) is 4.57 Å². The summed E-state index contributed by atoms with van der Waals surface area (Å²) in [6.45, 7) is -0.264. The van der Waals surface area contributed by atoms with Crippen molar-refractivity contribution >= 4 is 44.2 Å². The molecule has 1 aliphatic rings. The molecular weight excluding hydrogens is 480 g/mol. The third kappa shape index (κ3) is 3.34. The molecule has 0 unspecified atom stereocenters. The third-order valence-corrected chi connectivity index (χ3v) is 5.94. The lowest BCUT2D eigenvalue weighted by Crippen LogP contribution is -2.51. The van der Waals surface area contributed by atoms with Crippen LogP contribution < -0.4 is 16.1 Å². The van der Waals surface area contributed by atoms with E-state index in [4.69, 9.17) is 5.73 Å². The Morgan fingerprint density at radius 1 is 1.23 bits per heavy atom. The quantitative estimate of drug-likeness (QED) is 0.407. The van der Waals surface area contributed by atoms with Crippen LogP contribution in [0.4, 0.5) is 20.2 Å². The largest absolute Gasteiger partial charge is 0.477 e. The summed E-state index contributed by atoms with van der Waals surface area (Å²) in [5.41, 5.74) is 4.25. The van der Waals surface area contributed by atoms with E-state index < -0.39 is 41.3 Å². The van der Waals surface area contributed by atoms with Crippen molar-refractivity contribution in [3.63, 3.8) is 0 Å². The number of nitrogens with two attached hydrogens (primary N) is 1. The summed E-state index contributed by atoms with van der Waals surface area (Å²) < 4.78 is 30.3. The number of fused-ring (bicyclic) bond motifs is 1. The number of hydrogen-bond acceptors (Lipinski definition) is 6. The van der Waals surface area contributed by atoms with Gasteiger partial charge in [-0.25, -0.2) is 13.6 Å². The lowest BCUT2D eigenvalue weighted by atomic mass is 10.0. The Balaban J connectivity index is 2.15. The summed E-state index contributed by atoms with van der Waals surface area (Å²) in [6, 6.07) is 3.12. The van der Waals surface area contributed by atoms with Crippen LogP contribution in [-0.2, 0) is 6.61 Å². The molecule has 2 heterocycles. The minimum atomic E-state index is -1.53. The number of aliphatic hydroxyl groups is 2. The van der Waals surface area contributed by atoms with Crippen LogP contribution >= 0.6 is 15.9 Å². The standard InChI is InChI=1S/C20H16BrF2N3O5/c21-16-17-10(2-13(23)18(16)25-4-9(28)5-25)19(29)11(20(30)31)6-26(17)15-3-14(24)12(22)1-8(15)7-27/h1-3,6,9,27-28H,4-5,7,24H2,(H,30,31). The van der Waals surface area contributed by atoms with Crippen LogP contribution in [0.15, 0.2) is 33.7 Å². The molecule has 0 aliphatic carbocycles. The smallest absolute Gasteiger partial charge is 0.341 e. The number of carboxylic acids is 1. The Morgan fingerprint density at radius 3 is 2.48 bits per heavy atom. The molecule has 0 saturated carbocycles. The fourth-order valence-electron chi connectivity index (χ4n) is 3.64. The van der Waals surface area contributed by atoms with Gasteiger partial charge in [0.1, 0.15) is 17.2 Å². The Morgan fingerprint density at radius 2 is 1.90 bits per heavy atom. The molecule has 3 aromatic rings. The van der Waals surface area contributed by atoms with Crippen molar-refractivity contribution in [2.45, 2.75) is 12.7 Å². The molecule has 0 bridgehead atoms. The van der Waals surface area contributed by atoms with Gasteiger partial charge in [-0.2, -0.15) is 0 Å². The number of hydrogen-bond donors (Lipinski definition) is 4. The molecule has 1 aromatic heterocycles. The SMILES string of the molecule is Nc1cc(-n2cc(C(=O)O)c(=O)c3cc(F)c(N4CC(O)C4)c(Br)c32)c(CO)cc1F. The van der Waals surface area contributed by atoms with Gasteiger partial charge in [0.25, 0.3) is 0 Å². The van der Waals surface area contributed by atoms with Gasteiger partial charge in [0, 0.05) is 24.8 Å². The number of anilines is 2. The van der Waals surface area contributed by atoms with E-state index >= 15 is 0 Å². The zero-order valence-electron chi connectivity index (χ0n) is 15.8. The minimum Gasteiger partial charge on any atom is -0.477 e. The number of aromatic carboxylic acids is 1. The number of benzene rings is 2. The van der Waals surface area contributed by atoms with Crippen LogP contribution in [0.3, 0.4) is 0 Å². The first-order valence-electron chi connectivity index (χ1n) is 9.06. The number of carboxylic acid groups (broad SMARTS) is 1. The topological polar surface area (TPSA) is 129 Å². The van der Waals surface area contributed by atoms with E-state index in [1.54, 1.807) is 4.90 Å². The van der Waals surface area contributed by atoms with E-state index in [1.807, 2.05) is 0 Å². The van der Waals surface area contributed by atoms with E-state index in [0.29, 0.717) is 0 Å². The Hall–Kier alpha value is -3.02. The highest BCUT2D eigenvalue weighted by Crippen LogP contribution is 2.39. The normalized spacial score (nSPS) is 14.2. The second-order valence-corrected chi connectivity index (χ2v) is 7.98. The van der Waals surface area contributed by atoms with Crippen molar-refractivity contribution in [3.05, 3.63) is 61.9 Å². The Bertz CT molecular complexity index is 1300. The van der Waals surface area contributed by atoms with Crippen LogP contribution in [0.2, 0.25) is 0 Å². The second kappa shape index (κ2) is 7.59. The summed E-state index contributed by atoms with van der Waals surface area (Å²) in [5, 5.41) is 28.6. The van der Waals surface area contributed by atoms with Gasteiger partial charge in [-0.3, -0.25) is 4.79 Å². The fourth-order valence-corrected chi connectivity index (χ4v) is 4.49. The first-order valence-corrected chi connectivity index (χ1v) is 9.86.